The highest BCUT2D eigenvalue weighted by Crippen LogP contribution is 2.26. The van der Waals surface area contributed by atoms with Crippen LogP contribution in [0, 0.1) is 16.7 Å². The number of thioether (sulfide) groups is 1. The van der Waals surface area contributed by atoms with Gasteiger partial charge in [0.15, 0.2) is 0 Å². The molecule has 1 aliphatic heterocycles. The molecular formula is C18H30N4O5S. The van der Waals surface area contributed by atoms with Crippen LogP contribution in [0.1, 0.15) is 40.5 Å². The highest BCUT2D eigenvalue weighted by atomic mass is 32.2. The van der Waals surface area contributed by atoms with E-state index in [1.165, 1.54) is 11.8 Å². The Morgan fingerprint density at radius 3 is 2.50 bits per heavy atom. The zero-order valence-electron chi connectivity index (χ0n) is 16.9. The minimum Gasteiger partial charge on any atom is -0.356 e. The molecule has 1 heterocycles. The van der Waals surface area contributed by atoms with E-state index in [-0.39, 0.29) is 55.5 Å². The molecule has 1 saturated heterocycles. The van der Waals surface area contributed by atoms with E-state index in [1.54, 1.807) is 13.8 Å². The summed E-state index contributed by atoms with van der Waals surface area (Å²) in [5.41, 5.74) is 0. The van der Waals surface area contributed by atoms with Crippen LogP contribution in [0.25, 0.3) is 0 Å². The molecule has 28 heavy (non-hydrogen) atoms. The van der Waals surface area contributed by atoms with E-state index in [1.807, 2.05) is 13.8 Å². The second-order valence-electron chi connectivity index (χ2n) is 7.53. The van der Waals surface area contributed by atoms with Crippen molar-refractivity contribution in [1.29, 1.82) is 0 Å². The maximum atomic E-state index is 12.5. The van der Waals surface area contributed by atoms with Crippen LogP contribution in [0.15, 0.2) is 5.18 Å². The Bertz CT molecular complexity index is 597. The predicted octanol–water partition coefficient (Wildman–Crippen LogP) is 0.917. The zero-order valence-corrected chi connectivity index (χ0v) is 17.7. The lowest BCUT2D eigenvalue weighted by molar-refractivity contribution is -0.138. The summed E-state index contributed by atoms with van der Waals surface area (Å²) >= 11 is 1.22. The number of carbonyl (C=O) groups is 4. The zero-order chi connectivity index (χ0) is 21.3. The van der Waals surface area contributed by atoms with Gasteiger partial charge in [-0.25, -0.2) is 0 Å². The highest BCUT2D eigenvalue weighted by Gasteiger charge is 2.39. The van der Waals surface area contributed by atoms with Gasteiger partial charge in [0.05, 0.1) is 11.3 Å². The fourth-order valence-corrected chi connectivity index (χ4v) is 3.65. The summed E-state index contributed by atoms with van der Waals surface area (Å²) in [6.07, 6.45) is 0.125. The molecule has 0 aromatic heterocycles. The first-order chi connectivity index (χ1) is 13.1. The fourth-order valence-electron chi connectivity index (χ4n) is 2.47. The summed E-state index contributed by atoms with van der Waals surface area (Å²) in [6, 6.07) is -0.490. The predicted molar refractivity (Wildman–Crippen MR) is 107 cm³/mol. The molecule has 0 aliphatic carbocycles. The van der Waals surface area contributed by atoms with E-state index >= 15 is 0 Å². The molecule has 0 spiro atoms. The first kappa shape index (κ1) is 24.1. The molecule has 158 valence electrons. The smallest absolute Gasteiger partial charge is 0.242 e. The largest absolute Gasteiger partial charge is 0.356 e. The number of hydrogen-bond donors (Lipinski definition) is 2. The molecule has 1 fully saturated rings. The number of likely N-dealkylation sites (tertiary alicyclic amines) is 1. The lowest BCUT2D eigenvalue weighted by Crippen LogP contribution is -2.41. The monoisotopic (exact) mass is 414 g/mol. The van der Waals surface area contributed by atoms with Crippen molar-refractivity contribution in [3.63, 3.8) is 0 Å². The summed E-state index contributed by atoms with van der Waals surface area (Å²) < 4.78 is 0. The third-order valence-electron chi connectivity index (χ3n) is 4.14. The van der Waals surface area contributed by atoms with Crippen LogP contribution in [0.2, 0.25) is 0 Å². The van der Waals surface area contributed by atoms with E-state index in [9.17, 15) is 24.1 Å². The molecule has 2 atom stereocenters. The van der Waals surface area contributed by atoms with E-state index in [0.29, 0.717) is 18.2 Å². The number of nitrogens with zero attached hydrogens (tertiary/aromatic N) is 2. The lowest BCUT2D eigenvalue weighted by atomic mass is 10.2. The lowest BCUT2D eigenvalue weighted by Gasteiger charge is -2.19. The van der Waals surface area contributed by atoms with E-state index in [4.69, 9.17) is 0 Å². The van der Waals surface area contributed by atoms with Crippen LogP contribution in [-0.4, -0.2) is 65.2 Å². The van der Waals surface area contributed by atoms with Gasteiger partial charge in [-0.2, -0.15) is 4.91 Å². The molecule has 2 unspecified atom stereocenters. The molecule has 0 saturated carbocycles. The first-order valence-electron chi connectivity index (χ1n) is 9.47. The number of amides is 4. The van der Waals surface area contributed by atoms with Crippen molar-refractivity contribution in [1.82, 2.24) is 15.5 Å². The Morgan fingerprint density at radius 2 is 1.93 bits per heavy atom. The van der Waals surface area contributed by atoms with Crippen LogP contribution in [0.3, 0.4) is 0 Å². The van der Waals surface area contributed by atoms with Gasteiger partial charge >= 0.3 is 0 Å². The van der Waals surface area contributed by atoms with Gasteiger partial charge in [0.2, 0.25) is 23.6 Å². The van der Waals surface area contributed by atoms with Gasteiger partial charge in [0.1, 0.15) is 6.54 Å². The Hall–Kier alpha value is -1.97. The topological polar surface area (TPSA) is 125 Å². The number of imide groups is 1. The number of rotatable bonds is 12. The Labute approximate surface area is 169 Å². The summed E-state index contributed by atoms with van der Waals surface area (Å²) in [5.74, 6) is -0.640. The minimum absolute atomic E-state index is 0.0521. The van der Waals surface area contributed by atoms with Gasteiger partial charge in [0, 0.05) is 37.6 Å². The highest BCUT2D eigenvalue weighted by molar-refractivity contribution is 8.00. The SMILES string of the molecule is CC(C)CNC(=O)CCN1C(=O)CC(SCC(CN=O)NC(=O)C(C)C)C1=O. The Morgan fingerprint density at radius 1 is 1.25 bits per heavy atom. The van der Waals surface area contributed by atoms with Crippen LogP contribution in [0.5, 0.6) is 0 Å². The molecule has 9 nitrogen and oxygen atoms in total. The summed E-state index contributed by atoms with van der Waals surface area (Å²) in [4.78, 5) is 59.9. The Balaban J connectivity index is 2.51. The first-order valence-corrected chi connectivity index (χ1v) is 10.5. The van der Waals surface area contributed by atoms with Gasteiger partial charge < -0.3 is 10.6 Å². The Kier molecular flexibility index (Phi) is 10.1. The summed E-state index contributed by atoms with van der Waals surface area (Å²) in [6.45, 7) is 7.94. The maximum absolute atomic E-state index is 12.5. The summed E-state index contributed by atoms with van der Waals surface area (Å²) in [5, 5.41) is 7.74. The third kappa shape index (κ3) is 7.95. The van der Waals surface area contributed by atoms with Crippen LogP contribution < -0.4 is 10.6 Å². The maximum Gasteiger partial charge on any atom is 0.242 e. The number of carbonyl (C=O) groups excluding carboxylic acids is 4. The summed E-state index contributed by atoms with van der Waals surface area (Å²) in [7, 11) is 0. The molecule has 0 aromatic rings. The molecule has 1 aliphatic rings. The molecule has 2 N–H and O–H groups in total. The van der Waals surface area contributed by atoms with Gasteiger partial charge in [-0.1, -0.05) is 32.9 Å². The average molecular weight is 415 g/mol. The van der Waals surface area contributed by atoms with Crippen LogP contribution in [0.4, 0.5) is 0 Å². The van der Waals surface area contributed by atoms with Crippen molar-refractivity contribution in [2.75, 3.05) is 25.4 Å². The normalized spacial score (nSPS) is 17.9. The van der Waals surface area contributed by atoms with Crippen molar-refractivity contribution >= 4 is 35.4 Å². The van der Waals surface area contributed by atoms with E-state index < -0.39 is 11.3 Å². The van der Waals surface area contributed by atoms with E-state index in [0.717, 1.165) is 4.90 Å². The third-order valence-corrected chi connectivity index (χ3v) is 5.50. The van der Waals surface area contributed by atoms with Gasteiger partial charge in [-0.15, -0.1) is 11.8 Å². The average Bonchev–Trinajstić information content (AvgIpc) is 2.89. The van der Waals surface area contributed by atoms with Crippen molar-refractivity contribution < 1.29 is 19.2 Å². The second-order valence-corrected chi connectivity index (χ2v) is 8.77. The molecule has 0 aromatic carbocycles. The number of hydrogen-bond acceptors (Lipinski definition) is 7. The van der Waals surface area contributed by atoms with Gasteiger partial charge in [0.25, 0.3) is 0 Å². The van der Waals surface area contributed by atoms with Crippen LogP contribution >= 0.6 is 11.8 Å². The number of nitroso groups, excluding NO2 is 1. The fraction of sp³-hybridized carbons (Fsp3) is 0.778. The molecule has 0 bridgehead atoms. The molecular weight excluding hydrogens is 384 g/mol. The van der Waals surface area contributed by atoms with Gasteiger partial charge in [-0.05, 0) is 5.92 Å². The van der Waals surface area contributed by atoms with Crippen molar-refractivity contribution in [2.24, 2.45) is 17.0 Å². The van der Waals surface area contributed by atoms with Crippen LogP contribution in [-0.2, 0) is 19.2 Å². The minimum atomic E-state index is -0.573. The molecule has 4 amide bonds. The van der Waals surface area contributed by atoms with Crippen molar-refractivity contribution in [3.8, 4) is 0 Å². The van der Waals surface area contributed by atoms with E-state index in [2.05, 4.69) is 15.8 Å². The molecule has 10 heteroatoms. The quantitative estimate of drug-likeness (QED) is 0.361. The number of nitrogens with one attached hydrogen (secondary N) is 2. The standard InChI is InChI=1S/C18H30N4O5S/c1-11(2)8-19-15(23)5-6-22-16(24)7-14(18(22)26)28-10-13(9-20-27)21-17(25)12(3)4/h11-14H,5-10H2,1-4H3,(H,19,23)(H,21,25). The molecule has 1 rings (SSSR count). The molecule has 0 radical (unpaired) electrons. The second kappa shape index (κ2) is 11.8. The van der Waals surface area contributed by atoms with Crippen molar-refractivity contribution in [3.05, 3.63) is 4.91 Å². The van der Waals surface area contributed by atoms with Crippen molar-refractivity contribution in [2.45, 2.75) is 51.8 Å². The van der Waals surface area contributed by atoms with Gasteiger partial charge in [-0.3, -0.25) is 24.1 Å².